The molecule has 2 aliphatic heterocycles. The third-order valence-electron chi connectivity index (χ3n) is 2.69. The molecule has 3 aliphatic rings. The van der Waals surface area contributed by atoms with Gasteiger partial charge in [0.1, 0.15) is 0 Å². The van der Waals surface area contributed by atoms with E-state index in [-0.39, 0.29) is 0 Å². The van der Waals surface area contributed by atoms with E-state index in [1.807, 2.05) is 0 Å². The summed E-state index contributed by atoms with van der Waals surface area (Å²) >= 11 is 4.11. The lowest BCUT2D eigenvalue weighted by Gasteiger charge is -2.04. The lowest BCUT2D eigenvalue weighted by Crippen LogP contribution is -1.91. The zero-order valence-corrected chi connectivity index (χ0v) is 13.5. The lowest BCUT2D eigenvalue weighted by molar-refractivity contribution is 1.05. The summed E-state index contributed by atoms with van der Waals surface area (Å²) in [7, 11) is 4.71. The van der Waals surface area contributed by atoms with Crippen molar-refractivity contribution in [1.29, 1.82) is 0 Å². The Morgan fingerprint density at radius 2 is 1.50 bits per heavy atom. The van der Waals surface area contributed by atoms with Gasteiger partial charge in [-0.05, 0) is 57.1 Å². The van der Waals surface area contributed by atoms with E-state index < -0.39 is 0 Å². The minimum Gasteiger partial charge on any atom is -0.118 e. The maximum absolute atomic E-state index is 2.26. The monoisotopic (exact) mass is 306 g/mol. The molecule has 0 spiro atoms. The molecule has 16 heavy (non-hydrogen) atoms. The van der Waals surface area contributed by atoms with Gasteiger partial charge in [-0.25, -0.2) is 0 Å². The van der Waals surface area contributed by atoms with Gasteiger partial charge in [0.15, 0.2) is 0 Å². The van der Waals surface area contributed by atoms with Crippen LogP contribution in [0.25, 0.3) is 0 Å². The average molecular weight is 307 g/mol. The normalized spacial score (nSPS) is 24.0. The third kappa shape index (κ3) is 1.87. The smallest absolute Gasteiger partial charge is 0.0557 e. The second-order valence-corrected chi connectivity index (χ2v) is 12.4. The molecule has 0 bridgehead atoms. The van der Waals surface area contributed by atoms with Gasteiger partial charge in [-0.15, -0.1) is 23.5 Å². The fourth-order valence-electron chi connectivity index (χ4n) is 2.07. The predicted octanol–water partition coefficient (Wildman–Crippen LogP) is 5.47. The zero-order valence-electron chi connectivity index (χ0n) is 9.37. The van der Waals surface area contributed by atoms with Gasteiger partial charge in [-0.1, -0.05) is 22.4 Å². The van der Waals surface area contributed by atoms with Crippen LogP contribution in [-0.2, 0) is 0 Å². The number of allylic oxidation sites excluding steroid dienone is 2. The summed E-state index contributed by atoms with van der Waals surface area (Å²) in [5.74, 6) is 2.44. The van der Waals surface area contributed by atoms with Gasteiger partial charge in [-0.2, -0.15) is 0 Å². The van der Waals surface area contributed by atoms with Gasteiger partial charge in [0, 0.05) is 4.86 Å². The fraction of sp³-hybridized carbons (Fsp3) is 0.545. The van der Waals surface area contributed by atoms with Crippen LogP contribution >= 0.6 is 53.7 Å². The van der Waals surface area contributed by atoms with Crippen LogP contribution in [0.1, 0.15) is 26.7 Å². The summed E-state index contributed by atoms with van der Waals surface area (Å²) in [6.07, 6.45) is 2.63. The minimum absolute atomic E-state index is 0.431. The van der Waals surface area contributed by atoms with E-state index in [1.165, 1.54) is 24.3 Å². The second-order valence-electron chi connectivity index (χ2n) is 3.63. The summed E-state index contributed by atoms with van der Waals surface area (Å²) < 4.78 is 3.28. The van der Waals surface area contributed by atoms with Crippen LogP contribution in [0.3, 0.4) is 0 Å². The van der Waals surface area contributed by atoms with Crippen molar-refractivity contribution in [2.75, 3.05) is 11.5 Å². The van der Waals surface area contributed by atoms with Crippen molar-refractivity contribution in [2.24, 2.45) is 0 Å². The van der Waals surface area contributed by atoms with Gasteiger partial charge >= 0.3 is 0 Å². The van der Waals surface area contributed by atoms with Crippen LogP contribution in [0.2, 0.25) is 0 Å². The maximum atomic E-state index is 2.26. The third-order valence-corrected chi connectivity index (χ3v) is 12.2. The fourth-order valence-corrected chi connectivity index (χ4v) is 14.2. The molecule has 0 atom stereocenters. The van der Waals surface area contributed by atoms with Gasteiger partial charge < -0.3 is 0 Å². The molecular formula is C11H14S5. The molecule has 1 aliphatic carbocycles. The van der Waals surface area contributed by atoms with Gasteiger partial charge in [0.25, 0.3) is 0 Å². The molecule has 0 amide bonds. The quantitative estimate of drug-likeness (QED) is 0.498. The van der Waals surface area contributed by atoms with Gasteiger partial charge in [-0.3, -0.25) is 0 Å². The maximum Gasteiger partial charge on any atom is 0.0557 e. The Kier molecular flexibility index (Phi) is 3.80. The largest absolute Gasteiger partial charge is 0.118 e. The highest BCUT2D eigenvalue weighted by atomic mass is 33.5. The van der Waals surface area contributed by atoms with E-state index in [0.29, 0.717) is 8.55 Å². The van der Waals surface area contributed by atoms with E-state index >= 15 is 0 Å². The molecule has 0 unspecified atom stereocenters. The number of rotatable bonds is 4. The van der Waals surface area contributed by atoms with Crippen molar-refractivity contribution in [3.8, 4) is 0 Å². The molecule has 5 heteroatoms. The summed E-state index contributed by atoms with van der Waals surface area (Å²) in [5.41, 5.74) is 3.43. The van der Waals surface area contributed by atoms with E-state index in [1.54, 1.807) is 24.5 Å². The topological polar surface area (TPSA) is 0 Å². The Hall–Kier alpha value is 1.10. The summed E-state index contributed by atoms with van der Waals surface area (Å²) in [4.78, 5) is 1.75. The van der Waals surface area contributed by atoms with Gasteiger partial charge in [0.2, 0.25) is 0 Å². The first-order valence-corrected chi connectivity index (χ1v) is 11.4. The molecule has 88 valence electrons. The lowest BCUT2D eigenvalue weighted by atomic mass is 10.2. The number of hydrogen-bond donors (Lipinski definition) is 0. The molecule has 0 saturated heterocycles. The number of hydrogen-bond acceptors (Lipinski definition) is 4. The molecule has 0 aromatic rings. The Morgan fingerprint density at radius 1 is 1.00 bits per heavy atom. The van der Waals surface area contributed by atoms with Crippen LogP contribution in [0.15, 0.2) is 19.6 Å². The molecule has 1 saturated carbocycles. The predicted molar refractivity (Wildman–Crippen MR) is 87.3 cm³/mol. The minimum atomic E-state index is 0.431. The van der Waals surface area contributed by atoms with Crippen molar-refractivity contribution in [3.63, 3.8) is 0 Å². The SMILES string of the molecule is CCSC1=C2CCC3=C(SCC)SS(=C23)S1. The highest BCUT2D eigenvalue weighted by molar-refractivity contribution is 9.18. The van der Waals surface area contributed by atoms with Gasteiger partial charge in [0.05, 0.1) is 8.47 Å². The van der Waals surface area contributed by atoms with Crippen molar-refractivity contribution in [2.45, 2.75) is 26.7 Å². The van der Waals surface area contributed by atoms with Crippen LogP contribution in [0.4, 0.5) is 0 Å². The van der Waals surface area contributed by atoms with E-state index in [9.17, 15) is 0 Å². The van der Waals surface area contributed by atoms with E-state index in [0.717, 1.165) is 0 Å². The first-order chi connectivity index (χ1) is 7.85. The summed E-state index contributed by atoms with van der Waals surface area (Å²) in [5, 5.41) is 0. The average Bonchev–Trinajstić information content (AvgIpc) is 2.88. The highest BCUT2D eigenvalue weighted by Crippen LogP contribution is 2.69. The Labute approximate surface area is 116 Å². The van der Waals surface area contributed by atoms with Crippen molar-refractivity contribution >= 4 is 58.5 Å². The van der Waals surface area contributed by atoms with Crippen molar-refractivity contribution in [1.82, 2.24) is 0 Å². The molecule has 3 rings (SSSR count). The highest BCUT2D eigenvalue weighted by Gasteiger charge is 2.38. The molecule has 0 aromatic heterocycles. The molecule has 0 nitrogen and oxygen atoms in total. The first kappa shape index (κ1) is 12.2. The standard InChI is InChI=1S/C11H14S5/c1-3-12-10-7-5-6-8-9(7)16(14-10)15-11(8)13-4-2/h3-6H2,1-2H3. The Balaban J connectivity index is 1.92. The van der Waals surface area contributed by atoms with Crippen LogP contribution in [0.5, 0.6) is 0 Å². The molecule has 0 N–H and O–H groups in total. The van der Waals surface area contributed by atoms with Crippen LogP contribution in [-0.4, -0.2) is 16.4 Å². The molecular weight excluding hydrogens is 292 g/mol. The first-order valence-electron chi connectivity index (χ1n) is 5.55. The second kappa shape index (κ2) is 5.00. The van der Waals surface area contributed by atoms with Crippen molar-refractivity contribution in [3.05, 3.63) is 19.6 Å². The Bertz CT molecular complexity index is 392. The van der Waals surface area contributed by atoms with Crippen LogP contribution < -0.4 is 0 Å². The number of thioether (sulfide) groups is 2. The molecule has 1 fully saturated rings. The molecule has 2 heterocycles. The molecule has 0 radical (unpaired) electrons. The van der Waals surface area contributed by atoms with Crippen molar-refractivity contribution < 1.29 is 0 Å². The molecule has 0 aromatic carbocycles. The van der Waals surface area contributed by atoms with E-state index in [4.69, 9.17) is 0 Å². The summed E-state index contributed by atoms with van der Waals surface area (Å²) in [6.45, 7) is 4.52. The summed E-state index contributed by atoms with van der Waals surface area (Å²) in [6, 6.07) is 0. The zero-order chi connectivity index (χ0) is 11.1. The Morgan fingerprint density at radius 3 is 1.94 bits per heavy atom. The van der Waals surface area contributed by atoms with Crippen LogP contribution in [0, 0.1) is 0 Å². The van der Waals surface area contributed by atoms with E-state index in [2.05, 4.69) is 59.0 Å².